The van der Waals surface area contributed by atoms with E-state index in [4.69, 9.17) is 14.2 Å². The summed E-state index contributed by atoms with van der Waals surface area (Å²) in [6.45, 7) is 2.87. The molecule has 4 rings (SSSR count). The summed E-state index contributed by atoms with van der Waals surface area (Å²) in [5.74, 6) is 2.13. The molecular formula is C21H25ClN2O4. The van der Waals surface area contributed by atoms with E-state index in [1.807, 2.05) is 24.3 Å². The van der Waals surface area contributed by atoms with Gasteiger partial charge in [0.25, 0.3) is 5.91 Å². The van der Waals surface area contributed by atoms with Crippen LogP contribution in [0.5, 0.6) is 17.2 Å². The van der Waals surface area contributed by atoms with Crippen molar-refractivity contribution in [2.45, 2.75) is 18.9 Å². The van der Waals surface area contributed by atoms with Crippen LogP contribution in [0.1, 0.15) is 34.8 Å². The van der Waals surface area contributed by atoms with Crippen molar-refractivity contribution in [1.29, 1.82) is 0 Å². The van der Waals surface area contributed by atoms with Crippen LogP contribution in [0, 0.1) is 0 Å². The Bertz CT molecular complexity index is 824. The third kappa shape index (κ3) is 4.34. The van der Waals surface area contributed by atoms with Crippen molar-refractivity contribution in [3.63, 3.8) is 0 Å². The topological polar surface area (TPSA) is 60.0 Å². The number of nitrogens with one attached hydrogen (secondary N) is 1. The summed E-state index contributed by atoms with van der Waals surface area (Å²) in [5.41, 5.74) is 1.73. The molecule has 1 amide bonds. The third-order valence-corrected chi connectivity index (χ3v) is 5.15. The first-order valence-corrected chi connectivity index (χ1v) is 9.30. The van der Waals surface area contributed by atoms with Crippen LogP contribution in [-0.4, -0.2) is 44.3 Å². The predicted octanol–water partition coefficient (Wildman–Crippen LogP) is 3.41. The van der Waals surface area contributed by atoms with Gasteiger partial charge in [0.15, 0.2) is 11.5 Å². The van der Waals surface area contributed by atoms with Gasteiger partial charge in [-0.2, -0.15) is 0 Å². The lowest BCUT2D eigenvalue weighted by Gasteiger charge is -2.28. The number of hydrogen-bond acceptors (Lipinski definition) is 5. The number of rotatable bonds is 6. The van der Waals surface area contributed by atoms with Crippen molar-refractivity contribution in [3.05, 3.63) is 53.6 Å². The molecule has 150 valence electrons. The molecule has 1 fully saturated rings. The molecule has 2 aliphatic heterocycles. The zero-order valence-electron chi connectivity index (χ0n) is 15.8. The number of amides is 1. The van der Waals surface area contributed by atoms with Crippen molar-refractivity contribution in [2.24, 2.45) is 0 Å². The Hall–Kier alpha value is -2.44. The van der Waals surface area contributed by atoms with Crippen LogP contribution in [0.3, 0.4) is 0 Å². The van der Waals surface area contributed by atoms with Gasteiger partial charge in [-0.05, 0) is 61.8 Å². The van der Waals surface area contributed by atoms with Crippen LogP contribution in [0.2, 0.25) is 0 Å². The molecule has 0 spiro atoms. The van der Waals surface area contributed by atoms with Gasteiger partial charge in [0.2, 0.25) is 6.79 Å². The Morgan fingerprint density at radius 2 is 1.93 bits per heavy atom. The Labute approximate surface area is 171 Å². The third-order valence-electron chi connectivity index (χ3n) is 5.15. The van der Waals surface area contributed by atoms with Gasteiger partial charge in [0.05, 0.1) is 13.2 Å². The molecule has 1 saturated heterocycles. The van der Waals surface area contributed by atoms with Crippen molar-refractivity contribution in [1.82, 2.24) is 10.2 Å². The number of nitrogens with zero attached hydrogens (tertiary/aromatic N) is 1. The lowest BCUT2D eigenvalue weighted by Crippen LogP contribution is -2.36. The molecule has 0 radical (unpaired) electrons. The van der Waals surface area contributed by atoms with E-state index in [0.717, 1.165) is 30.2 Å². The van der Waals surface area contributed by atoms with Gasteiger partial charge in [0, 0.05) is 12.1 Å². The molecule has 2 aromatic rings. The second-order valence-corrected chi connectivity index (χ2v) is 6.81. The fourth-order valence-corrected chi connectivity index (χ4v) is 3.69. The summed E-state index contributed by atoms with van der Waals surface area (Å²) in [4.78, 5) is 15.0. The second kappa shape index (κ2) is 9.17. The standard InChI is InChI=1S/C21H24N2O4.ClH/c1-25-17-6-4-5-16(11-17)21(24)22-13-18(23-9-2-3-10-23)15-7-8-19-20(12-15)27-14-26-19;/h4-8,11-12,18H,2-3,9-10,13-14H2,1H3,(H,22,24);1H. The monoisotopic (exact) mass is 404 g/mol. The Balaban J connectivity index is 0.00000225. The van der Waals surface area contributed by atoms with Gasteiger partial charge >= 0.3 is 0 Å². The molecule has 2 heterocycles. The van der Waals surface area contributed by atoms with Gasteiger partial charge in [0.1, 0.15) is 5.75 Å². The summed E-state index contributed by atoms with van der Waals surface area (Å²) in [7, 11) is 1.60. The highest BCUT2D eigenvalue weighted by Gasteiger charge is 2.26. The molecule has 0 bridgehead atoms. The highest BCUT2D eigenvalue weighted by molar-refractivity contribution is 5.94. The summed E-state index contributed by atoms with van der Waals surface area (Å²) in [5, 5.41) is 3.09. The van der Waals surface area contributed by atoms with E-state index in [9.17, 15) is 4.79 Å². The fourth-order valence-electron chi connectivity index (χ4n) is 3.69. The Kier molecular flexibility index (Phi) is 6.65. The van der Waals surface area contributed by atoms with E-state index in [2.05, 4.69) is 16.3 Å². The van der Waals surface area contributed by atoms with Crippen molar-refractivity contribution >= 4 is 18.3 Å². The van der Waals surface area contributed by atoms with Crippen LogP contribution in [0.4, 0.5) is 0 Å². The average molecular weight is 405 g/mol. The molecule has 6 nitrogen and oxygen atoms in total. The molecule has 2 aromatic carbocycles. The zero-order chi connectivity index (χ0) is 18.6. The number of fused-ring (bicyclic) bond motifs is 1. The number of halogens is 1. The van der Waals surface area contributed by atoms with Gasteiger partial charge in [-0.1, -0.05) is 12.1 Å². The summed E-state index contributed by atoms with van der Waals surface area (Å²) >= 11 is 0. The zero-order valence-corrected chi connectivity index (χ0v) is 16.7. The smallest absolute Gasteiger partial charge is 0.251 e. The van der Waals surface area contributed by atoms with Crippen LogP contribution in [-0.2, 0) is 0 Å². The van der Waals surface area contributed by atoms with Gasteiger partial charge in [-0.25, -0.2) is 0 Å². The first-order valence-electron chi connectivity index (χ1n) is 9.30. The minimum atomic E-state index is -0.0983. The molecule has 1 N–H and O–H groups in total. The summed E-state index contributed by atoms with van der Waals surface area (Å²) in [6, 6.07) is 13.3. The SMILES string of the molecule is COc1cccc(C(=O)NCC(c2ccc3c(c2)OCO3)N2CCCC2)c1.Cl. The van der Waals surface area contributed by atoms with E-state index in [1.165, 1.54) is 12.8 Å². The van der Waals surface area contributed by atoms with Crippen molar-refractivity contribution in [2.75, 3.05) is 33.5 Å². The molecule has 2 aliphatic rings. The number of ether oxygens (including phenoxy) is 3. The number of benzene rings is 2. The Morgan fingerprint density at radius 3 is 2.71 bits per heavy atom. The van der Waals surface area contributed by atoms with E-state index in [-0.39, 0.29) is 31.1 Å². The number of carbonyl (C=O) groups excluding carboxylic acids is 1. The highest BCUT2D eigenvalue weighted by Crippen LogP contribution is 2.36. The number of methoxy groups -OCH3 is 1. The number of likely N-dealkylation sites (tertiary alicyclic amines) is 1. The molecule has 7 heteroatoms. The van der Waals surface area contributed by atoms with Crippen LogP contribution < -0.4 is 19.5 Å². The molecule has 0 aromatic heterocycles. The highest BCUT2D eigenvalue weighted by atomic mass is 35.5. The van der Waals surface area contributed by atoms with Crippen molar-refractivity contribution in [3.8, 4) is 17.2 Å². The minimum Gasteiger partial charge on any atom is -0.497 e. The largest absolute Gasteiger partial charge is 0.497 e. The van der Waals surface area contributed by atoms with E-state index >= 15 is 0 Å². The Morgan fingerprint density at radius 1 is 1.14 bits per heavy atom. The van der Waals surface area contributed by atoms with Crippen LogP contribution >= 0.6 is 12.4 Å². The first kappa shape index (κ1) is 20.3. The van der Waals surface area contributed by atoms with Crippen LogP contribution in [0.15, 0.2) is 42.5 Å². The van der Waals surface area contributed by atoms with Crippen LogP contribution in [0.25, 0.3) is 0 Å². The molecular weight excluding hydrogens is 380 g/mol. The van der Waals surface area contributed by atoms with E-state index in [0.29, 0.717) is 17.9 Å². The quantitative estimate of drug-likeness (QED) is 0.799. The second-order valence-electron chi connectivity index (χ2n) is 6.81. The van der Waals surface area contributed by atoms with Gasteiger partial charge in [-0.15, -0.1) is 12.4 Å². The molecule has 0 saturated carbocycles. The van der Waals surface area contributed by atoms with E-state index in [1.54, 1.807) is 19.2 Å². The maximum atomic E-state index is 12.6. The molecule has 1 atom stereocenters. The molecule has 28 heavy (non-hydrogen) atoms. The molecule has 1 unspecified atom stereocenters. The van der Waals surface area contributed by atoms with Crippen molar-refractivity contribution < 1.29 is 19.0 Å². The minimum absolute atomic E-state index is 0. The van der Waals surface area contributed by atoms with E-state index < -0.39 is 0 Å². The maximum absolute atomic E-state index is 12.6. The number of hydrogen-bond donors (Lipinski definition) is 1. The summed E-state index contributed by atoms with van der Waals surface area (Å²) in [6.07, 6.45) is 2.37. The normalized spacial score (nSPS) is 16.3. The van der Waals surface area contributed by atoms with Gasteiger partial charge in [-0.3, -0.25) is 9.69 Å². The maximum Gasteiger partial charge on any atom is 0.251 e. The lowest BCUT2D eigenvalue weighted by atomic mass is 10.0. The predicted molar refractivity (Wildman–Crippen MR) is 109 cm³/mol. The van der Waals surface area contributed by atoms with Gasteiger partial charge < -0.3 is 19.5 Å². The summed E-state index contributed by atoms with van der Waals surface area (Å²) < 4.78 is 16.2. The fraction of sp³-hybridized carbons (Fsp3) is 0.381. The average Bonchev–Trinajstić information content (AvgIpc) is 3.39. The number of carbonyl (C=O) groups is 1. The first-order chi connectivity index (χ1) is 13.2. The lowest BCUT2D eigenvalue weighted by molar-refractivity contribution is 0.0937. The molecule has 0 aliphatic carbocycles.